The van der Waals surface area contributed by atoms with E-state index in [1.807, 2.05) is 13.0 Å². The molecule has 1 aliphatic heterocycles. The number of hydrogen-bond acceptors (Lipinski definition) is 5. The molecule has 2 aromatic rings. The summed E-state index contributed by atoms with van der Waals surface area (Å²) in [6, 6.07) is 20.9. The molecule has 0 bridgehead atoms. The van der Waals surface area contributed by atoms with Crippen LogP contribution in [0.1, 0.15) is 78.2 Å². The average Bonchev–Trinajstić information content (AvgIpc) is 3.45. The number of nitrogens with zero attached hydrogens (tertiary/aromatic N) is 2. The van der Waals surface area contributed by atoms with Gasteiger partial charge in [0.2, 0.25) is 0 Å². The van der Waals surface area contributed by atoms with E-state index in [0.717, 1.165) is 61.9 Å². The van der Waals surface area contributed by atoms with Crippen LogP contribution in [0.2, 0.25) is 0 Å². The molecule has 214 valence electrons. The van der Waals surface area contributed by atoms with Crippen LogP contribution in [0.4, 0.5) is 5.69 Å². The highest BCUT2D eigenvalue weighted by molar-refractivity contribution is 6.12. The molecule has 8 unspecified atom stereocenters. The van der Waals surface area contributed by atoms with Crippen LogP contribution >= 0.6 is 0 Å². The Hall–Kier alpha value is -3.21. The molecule has 0 amide bonds. The predicted octanol–water partition coefficient (Wildman–Crippen LogP) is 7.36. The highest BCUT2D eigenvalue weighted by Gasteiger charge is 2.74. The Balaban J connectivity index is 1.32. The molecule has 3 saturated carbocycles. The Morgan fingerprint density at radius 2 is 1.63 bits per heavy atom. The Morgan fingerprint density at radius 3 is 2.32 bits per heavy atom. The van der Waals surface area contributed by atoms with E-state index < -0.39 is 5.54 Å². The first kappa shape index (κ1) is 26.7. The first-order valence-electron chi connectivity index (χ1n) is 15.6. The summed E-state index contributed by atoms with van der Waals surface area (Å²) in [6.07, 6.45) is 9.55. The van der Waals surface area contributed by atoms with E-state index in [1.165, 1.54) is 12.5 Å². The molecule has 1 heterocycles. The van der Waals surface area contributed by atoms with Gasteiger partial charge >= 0.3 is 5.97 Å². The molecule has 5 aliphatic rings. The van der Waals surface area contributed by atoms with E-state index in [9.17, 15) is 9.59 Å². The largest absolute Gasteiger partial charge is 0.462 e. The number of carbonyl (C=O) groups is 2. The van der Waals surface area contributed by atoms with Crippen molar-refractivity contribution in [3.8, 4) is 0 Å². The summed E-state index contributed by atoms with van der Waals surface area (Å²) < 4.78 is 5.67. The minimum atomic E-state index is -0.701. The lowest BCUT2D eigenvalue weighted by Gasteiger charge is -2.60. The van der Waals surface area contributed by atoms with E-state index in [0.29, 0.717) is 17.8 Å². The zero-order valence-electron chi connectivity index (χ0n) is 24.8. The van der Waals surface area contributed by atoms with Crippen molar-refractivity contribution >= 4 is 23.2 Å². The zero-order valence-corrected chi connectivity index (χ0v) is 24.8. The van der Waals surface area contributed by atoms with Crippen molar-refractivity contribution in [3.63, 3.8) is 0 Å². The number of esters is 1. The van der Waals surface area contributed by atoms with Crippen molar-refractivity contribution in [2.75, 3.05) is 5.01 Å². The highest BCUT2D eigenvalue weighted by atomic mass is 16.5. The van der Waals surface area contributed by atoms with Crippen LogP contribution in [-0.4, -0.2) is 29.1 Å². The molecule has 0 aromatic heterocycles. The van der Waals surface area contributed by atoms with Crippen LogP contribution in [0, 0.1) is 34.5 Å². The van der Waals surface area contributed by atoms with Crippen LogP contribution in [0.25, 0.3) is 0 Å². The van der Waals surface area contributed by atoms with Gasteiger partial charge in [-0.2, -0.15) is 5.10 Å². The van der Waals surface area contributed by atoms with Gasteiger partial charge in [-0.3, -0.25) is 14.6 Å². The third kappa shape index (κ3) is 3.63. The molecule has 5 heteroatoms. The molecule has 5 nitrogen and oxygen atoms in total. The lowest BCUT2D eigenvalue weighted by molar-refractivity contribution is -0.149. The molecule has 2 aromatic carbocycles. The van der Waals surface area contributed by atoms with Crippen LogP contribution in [-0.2, 0) is 14.3 Å². The van der Waals surface area contributed by atoms with Gasteiger partial charge in [-0.15, -0.1) is 0 Å². The van der Waals surface area contributed by atoms with Gasteiger partial charge < -0.3 is 4.74 Å². The predicted molar refractivity (Wildman–Crippen MR) is 161 cm³/mol. The number of hydrazone groups is 1. The second-order valence-corrected chi connectivity index (χ2v) is 13.8. The first-order valence-corrected chi connectivity index (χ1v) is 15.6. The minimum Gasteiger partial charge on any atom is -0.462 e. The number of fused-ring (bicyclic) bond motifs is 7. The number of anilines is 1. The molecule has 4 aliphatic carbocycles. The Morgan fingerprint density at radius 1 is 0.927 bits per heavy atom. The number of benzene rings is 2. The summed E-state index contributed by atoms with van der Waals surface area (Å²) >= 11 is 0. The van der Waals surface area contributed by atoms with E-state index in [1.54, 1.807) is 0 Å². The summed E-state index contributed by atoms with van der Waals surface area (Å²) in [5.41, 5.74) is 3.93. The van der Waals surface area contributed by atoms with Gasteiger partial charge in [0.1, 0.15) is 11.6 Å². The van der Waals surface area contributed by atoms with Crippen molar-refractivity contribution in [1.29, 1.82) is 0 Å². The number of hydrogen-bond donors (Lipinski definition) is 0. The second kappa shape index (κ2) is 9.40. The van der Waals surface area contributed by atoms with Crippen LogP contribution in [0.15, 0.2) is 77.4 Å². The molecule has 0 spiro atoms. The summed E-state index contributed by atoms with van der Waals surface area (Å²) in [6.45, 7) is 8.25. The van der Waals surface area contributed by atoms with Gasteiger partial charge in [-0.05, 0) is 86.3 Å². The monoisotopic (exact) mass is 550 g/mol. The summed E-state index contributed by atoms with van der Waals surface area (Å²) in [5, 5.41) is 7.49. The number of Topliss-reactive ketones (excluding diaryl/α,β-unsaturated/α-hetero) is 1. The topological polar surface area (TPSA) is 59.0 Å². The molecule has 0 saturated heterocycles. The maximum absolute atomic E-state index is 14.3. The lowest BCUT2D eigenvalue weighted by Crippen LogP contribution is -2.64. The smallest absolute Gasteiger partial charge is 0.302 e. The van der Waals surface area contributed by atoms with Gasteiger partial charge in [-0.1, -0.05) is 74.0 Å². The maximum atomic E-state index is 14.3. The summed E-state index contributed by atoms with van der Waals surface area (Å²) in [5.74, 6) is 1.66. The number of ether oxygens (including phenoxy) is 1. The van der Waals surface area contributed by atoms with Crippen LogP contribution in [0.3, 0.4) is 0 Å². The van der Waals surface area contributed by atoms with Crippen molar-refractivity contribution in [3.05, 3.63) is 77.9 Å². The molecule has 7 rings (SSSR count). The highest BCUT2D eigenvalue weighted by Crippen LogP contribution is 2.71. The number of para-hydroxylation sites is 1. The number of carbonyl (C=O) groups excluding carboxylic acids is 2. The van der Waals surface area contributed by atoms with Gasteiger partial charge in [0, 0.05) is 24.7 Å². The molecule has 3 fully saturated rings. The number of allylic oxidation sites excluding steroid dienone is 1. The SMILES string of the molecule is CC(=O)OC1CCC2(C)C(=CCC3C2CCC2(C)C3CC3C(c4ccccc4)=NN(c4ccccc4)C32C(C)=O)C1. The fourth-order valence-corrected chi connectivity index (χ4v) is 10.5. The molecule has 0 N–H and O–H groups in total. The van der Waals surface area contributed by atoms with Gasteiger partial charge in [-0.25, -0.2) is 0 Å². The normalized spacial score (nSPS) is 39.0. The second-order valence-electron chi connectivity index (χ2n) is 13.8. The van der Waals surface area contributed by atoms with E-state index >= 15 is 0 Å². The molecule has 41 heavy (non-hydrogen) atoms. The van der Waals surface area contributed by atoms with Gasteiger partial charge in [0.15, 0.2) is 5.78 Å². The van der Waals surface area contributed by atoms with Crippen LogP contribution < -0.4 is 5.01 Å². The van der Waals surface area contributed by atoms with E-state index in [2.05, 4.69) is 79.5 Å². The van der Waals surface area contributed by atoms with Crippen LogP contribution in [0.5, 0.6) is 0 Å². The van der Waals surface area contributed by atoms with Crippen molar-refractivity contribution in [2.24, 2.45) is 39.6 Å². The lowest BCUT2D eigenvalue weighted by atomic mass is 9.46. The Bertz CT molecular complexity index is 1430. The fraction of sp³-hybridized carbons (Fsp3) is 0.528. The third-order valence-electron chi connectivity index (χ3n) is 12.1. The zero-order chi connectivity index (χ0) is 28.6. The Kier molecular flexibility index (Phi) is 6.12. The first-order chi connectivity index (χ1) is 19.7. The Labute approximate surface area is 244 Å². The van der Waals surface area contributed by atoms with Crippen molar-refractivity contribution in [1.82, 2.24) is 0 Å². The van der Waals surface area contributed by atoms with E-state index in [4.69, 9.17) is 9.84 Å². The average molecular weight is 551 g/mol. The fourth-order valence-electron chi connectivity index (χ4n) is 10.5. The van der Waals surface area contributed by atoms with Gasteiger partial charge in [0.05, 0.1) is 11.4 Å². The number of ketones is 1. The summed E-state index contributed by atoms with van der Waals surface area (Å²) in [7, 11) is 0. The van der Waals surface area contributed by atoms with E-state index in [-0.39, 0.29) is 34.6 Å². The molecule has 8 atom stereocenters. The van der Waals surface area contributed by atoms with Gasteiger partial charge in [0.25, 0.3) is 0 Å². The quantitative estimate of drug-likeness (QED) is 0.295. The molecular formula is C36H42N2O3. The number of rotatable bonds is 4. The van der Waals surface area contributed by atoms with Crippen molar-refractivity contribution in [2.45, 2.75) is 84.3 Å². The summed E-state index contributed by atoms with van der Waals surface area (Å²) in [4.78, 5) is 26.0. The molecule has 0 radical (unpaired) electrons. The third-order valence-corrected chi connectivity index (χ3v) is 12.1. The maximum Gasteiger partial charge on any atom is 0.302 e. The van der Waals surface area contributed by atoms with Crippen molar-refractivity contribution < 1.29 is 14.3 Å². The minimum absolute atomic E-state index is 0.00752. The molecular weight excluding hydrogens is 508 g/mol. The standard InChI is InChI=1S/C36H42N2O3/c1-23(39)36-32(33(25-11-7-5-8-12-25)37-38(36)27-13-9-6-10-14-27)22-31-29-16-15-26-21-28(41-24(2)40)17-19-34(26,3)30(29)18-20-35(31,36)4/h5-15,28-32H,16-22H2,1-4H3.